The highest BCUT2D eigenvalue weighted by Crippen LogP contribution is 2.65. The van der Waals surface area contributed by atoms with E-state index in [1.807, 2.05) is 18.2 Å². The van der Waals surface area contributed by atoms with E-state index in [0.29, 0.717) is 0 Å². The minimum absolute atomic E-state index is 0.619. The molecular weight excluding hydrogens is 1150 g/mol. The fourth-order valence-corrected chi connectivity index (χ4v) is 18.2. The Morgan fingerprint density at radius 2 is 0.656 bits per heavy atom. The topological polar surface area (TPSA) is 35.6 Å². The molecule has 0 radical (unpaired) electrons. The van der Waals surface area contributed by atoms with Crippen molar-refractivity contribution < 1.29 is 0 Å². The molecule has 21 rings (SSSR count). The number of thiophene rings is 1. The van der Waals surface area contributed by atoms with Crippen LogP contribution in [0.3, 0.4) is 0 Å². The van der Waals surface area contributed by atoms with E-state index in [9.17, 15) is 0 Å². The standard InChI is InChI=1S/C88H52N4S/c1-2-17-55(18-3-1)76-48-49-77(90-89-76)56-40-36-53(37-41-56)60-23-12-29-72-83(60)66-21-4-8-27-68(66)87(72)70-46-44-58(51-80(70)91-78-33-10-6-19-62(78)64-25-14-31-74(87)85(64)91)59-45-47-71-81(52-59)92-79-34-11-7-20-63(79)65-26-15-32-75(86(65)92)88(71)69-28-9-5-22-67(69)84-61(24-13-30-73(84)88)54-38-42-57(43-39-54)82-35-16-50-93-82/h1-52H. The minimum Gasteiger partial charge on any atom is -0.309 e. The van der Waals surface area contributed by atoms with Crippen LogP contribution < -0.4 is 0 Å². The van der Waals surface area contributed by atoms with Crippen molar-refractivity contribution >= 4 is 54.9 Å². The predicted octanol–water partition coefficient (Wildman–Crippen LogP) is 22.1. The van der Waals surface area contributed by atoms with Crippen LogP contribution in [0.2, 0.25) is 0 Å². The molecule has 2 aliphatic carbocycles. The summed E-state index contributed by atoms with van der Waals surface area (Å²) in [6, 6.07) is 116. The minimum atomic E-state index is -0.647. The molecule has 17 aromatic rings. The van der Waals surface area contributed by atoms with Crippen LogP contribution in [0.25, 0.3) is 144 Å². The molecule has 6 heterocycles. The zero-order valence-electron chi connectivity index (χ0n) is 50.2. The van der Waals surface area contributed by atoms with Gasteiger partial charge in [-0.1, -0.05) is 267 Å². The van der Waals surface area contributed by atoms with Gasteiger partial charge in [-0.05, 0) is 154 Å². The molecule has 2 unspecified atom stereocenters. The summed E-state index contributed by atoms with van der Waals surface area (Å²) in [5.41, 5.74) is 33.8. The quantitative estimate of drug-likeness (QED) is 0.166. The van der Waals surface area contributed by atoms with Gasteiger partial charge in [0.15, 0.2) is 0 Å². The first-order valence-corrected chi connectivity index (χ1v) is 33.0. The number of hydrogen-bond acceptors (Lipinski definition) is 3. The van der Waals surface area contributed by atoms with Gasteiger partial charge in [0.05, 0.1) is 55.7 Å². The Morgan fingerprint density at radius 1 is 0.258 bits per heavy atom. The molecule has 4 aliphatic rings. The van der Waals surface area contributed by atoms with Gasteiger partial charge in [-0.25, -0.2) is 0 Å². The lowest BCUT2D eigenvalue weighted by Gasteiger charge is -2.40. The van der Waals surface area contributed by atoms with Crippen LogP contribution in [0.4, 0.5) is 0 Å². The number of nitrogens with zero attached hydrogens (tertiary/aromatic N) is 4. The maximum Gasteiger partial charge on any atom is 0.0930 e. The van der Waals surface area contributed by atoms with E-state index in [-0.39, 0.29) is 0 Å². The van der Waals surface area contributed by atoms with Gasteiger partial charge >= 0.3 is 0 Å². The van der Waals surface area contributed by atoms with Gasteiger partial charge in [-0.15, -0.1) is 21.5 Å². The first-order chi connectivity index (χ1) is 46.1. The lowest BCUT2D eigenvalue weighted by atomic mass is 9.64. The molecule has 0 saturated carbocycles. The number of hydrogen-bond donors (Lipinski definition) is 0. The maximum absolute atomic E-state index is 4.71. The molecule has 4 aromatic heterocycles. The Bertz CT molecular complexity index is 6030. The van der Waals surface area contributed by atoms with Gasteiger partial charge < -0.3 is 9.13 Å². The largest absolute Gasteiger partial charge is 0.309 e. The number of aromatic nitrogens is 4. The Kier molecular flexibility index (Phi) is 10.4. The smallest absolute Gasteiger partial charge is 0.0930 e. The highest BCUT2D eigenvalue weighted by atomic mass is 32.1. The molecule has 430 valence electrons. The van der Waals surface area contributed by atoms with E-state index < -0.39 is 10.8 Å². The SMILES string of the molecule is c1ccc(-c2ccc(-c3ccc(-c4cccc5c4-c4ccccc4C54c5ccc(-c6ccc7c(c6)-n6c8ccccc8c8cccc(c86)C76c7ccccc7-c7c(-c8ccc(-c9cccs9)cc8)cccc76)cc5-n5c6ccccc6c6cccc4c65)cc3)nn2)cc1. The summed E-state index contributed by atoms with van der Waals surface area (Å²) >= 11 is 1.79. The van der Waals surface area contributed by atoms with Gasteiger partial charge in [0.2, 0.25) is 0 Å². The van der Waals surface area contributed by atoms with Crippen molar-refractivity contribution in [3.05, 3.63) is 359 Å². The van der Waals surface area contributed by atoms with Gasteiger partial charge in [0.1, 0.15) is 0 Å². The van der Waals surface area contributed by atoms with Gasteiger partial charge in [0.25, 0.3) is 0 Å². The second kappa shape index (κ2) is 18.9. The van der Waals surface area contributed by atoms with Crippen molar-refractivity contribution in [3.63, 3.8) is 0 Å². The molecule has 2 spiro atoms. The Labute approximate surface area is 540 Å². The van der Waals surface area contributed by atoms with E-state index in [1.165, 1.54) is 154 Å². The number of benzene rings is 13. The molecule has 2 atom stereocenters. The van der Waals surface area contributed by atoms with Gasteiger partial charge in [-0.3, -0.25) is 0 Å². The van der Waals surface area contributed by atoms with E-state index in [4.69, 9.17) is 5.10 Å². The van der Waals surface area contributed by atoms with Crippen molar-refractivity contribution in [2.45, 2.75) is 10.8 Å². The van der Waals surface area contributed by atoms with Crippen LogP contribution in [0.5, 0.6) is 0 Å². The Morgan fingerprint density at radius 3 is 1.16 bits per heavy atom. The number of para-hydroxylation sites is 4. The highest BCUT2D eigenvalue weighted by molar-refractivity contribution is 7.13. The Hall–Kier alpha value is -11.8. The van der Waals surface area contributed by atoms with Gasteiger partial charge in [-0.2, -0.15) is 0 Å². The number of fused-ring (bicyclic) bond motifs is 24. The third-order valence-corrected chi connectivity index (χ3v) is 22.1. The third-order valence-electron chi connectivity index (χ3n) is 21.2. The normalized spacial score (nSPS) is 15.8. The van der Waals surface area contributed by atoms with Crippen LogP contribution in [0, 0.1) is 0 Å². The average molecular weight is 1200 g/mol. The predicted molar refractivity (Wildman–Crippen MR) is 383 cm³/mol. The summed E-state index contributed by atoms with van der Waals surface area (Å²) in [5.74, 6) is 0. The molecule has 0 bridgehead atoms. The van der Waals surface area contributed by atoms with E-state index in [2.05, 4.69) is 311 Å². The summed E-state index contributed by atoms with van der Waals surface area (Å²) in [4.78, 5) is 1.28. The molecule has 0 saturated heterocycles. The van der Waals surface area contributed by atoms with Crippen molar-refractivity contribution in [2.75, 3.05) is 0 Å². The first-order valence-electron chi connectivity index (χ1n) is 32.1. The lowest BCUT2D eigenvalue weighted by molar-refractivity contribution is 0.748. The first kappa shape index (κ1) is 51.0. The van der Waals surface area contributed by atoms with Gasteiger partial charge in [0, 0.05) is 37.5 Å². The summed E-state index contributed by atoms with van der Waals surface area (Å²) in [7, 11) is 0. The van der Waals surface area contributed by atoms with Crippen LogP contribution >= 0.6 is 11.3 Å². The van der Waals surface area contributed by atoms with Crippen LogP contribution in [0.1, 0.15) is 44.5 Å². The fraction of sp³-hybridized carbons (Fsp3) is 0.0227. The molecule has 0 fully saturated rings. The van der Waals surface area contributed by atoms with Crippen LogP contribution in [-0.4, -0.2) is 19.3 Å². The molecule has 93 heavy (non-hydrogen) atoms. The summed E-state index contributed by atoms with van der Waals surface area (Å²) in [6.45, 7) is 0. The lowest BCUT2D eigenvalue weighted by Crippen LogP contribution is -2.33. The maximum atomic E-state index is 4.71. The van der Waals surface area contributed by atoms with Crippen molar-refractivity contribution in [1.82, 2.24) is 19.3 Å². The second-order valence-electron chi connectivity index (χ2n) is 25.4. The van der Waals surface area contributed by atoms with Crippen LogP contribution in [-0.2, 0) is 10.8 Å². The zero-order valence-corrected chi connectivity index (χ0v) is 51.0. The fourth-order valence-electron chi connectivity index (χ4n) is 17.5. The third kappa shape index (κ3) is 6.68. The molecule has 2 aliphatic heterocycles. The molecule has 0 amide bonds. The molecule has 13 aromatic carbocycles. The highest BCUT2D eigenvalue weighted by Gasteiger charge is 2.53. The van der Waals surface area contributed by atoms with E-state index in [0.717, 1.165) is 33.6 Å². The monoisotopic (exact) mass is 1200 g/mol. The van der Waals surface area contributed by atoms with E-state index in [1.54, 1.807) is 11.3 Å². The van der Waals surface area contributed by atoms with Crippen LogP contribution in [0.15, 0.2) is 315 Å². The van der Waals surface area contributed by atoms with E-state index >= 15 is 0 Å². The zero-order chi connectivity index (χ0) is 60.7. The van der Waals surface area contributed by atoms with Crippen molar-refractivity contribution in [2.24, 2.45) is 0 Å². The molecule has 4 nitrogen and oxygen atoms in total. The molecule has 0 N–H and O–H groups in total. The number of rotatable bonds is 6. The summed E-state index contributed by atoms with van der Waals surface area (Å²) in [6.07, 6.45) is 0. The Balaban J connectivity index is 0.772. The molecule has 5 heteroatoms. The molecular formula is C88H52N4S. The second-order valence-corrected chi connectivity index (χ2v) is 26.4. The van der Waals surface area contributed by atoms with Crippen molar-refractivity contribution in [1.29, 1.82) is 0 Å². The van der Waals surface area contributed by atoms with Crippen molar-refractivity contribution in [3.8, 4) is 100.0 Å². The average Bonchev–Trinajstić information content (AvgIpc) is 1.54. The summed E-state index contributed by atoms with van der Waals surface area (Å²) in [5, 5.41) is 16.5. The summed E-state index contributed by atoms with van der Waals surface area (Å²) < 4.78 is 5.19.